The van der Waals surface area contributed by atoms with Gasteiger partial charge in [0, 0.05) is 25.3 Å². The van der Waals surface area contributed by atoms with Gasteiger partial charge in [0.1, 0.15) is 12.4 Å². The monoisotopic (exact) mass is 327 g/mol. The molecule has 3 rings (SSSR count). The van der Waals surface area contributed by atoms with Crippen LogP contribution in [-0.4, -0.2) is 57.6 Å². The van der Waals surface area contributed by atoms with Gasteiger partial charge in [-0.05, 0) is 12.5 Å². The number of hydrogen-bond donors (Lipinski definition) is 0. The molecule has 1 unspecified atom stereocenters. The number of ether oxygens (including phenoxy) is 3. The number of nitrogens with zero attached hydrogens (tertiary/aromatic N) is 1. The molecule has 2 aliphatic rings. The maximum Gasteiger partial charge on any atom is 0.216 e. The van der Waals surface area contributed by atoms with Crippen molar-refractivity contribution in [2.45, 2.75) is 19.1 Å². The standard InChI is InChI=1S/C15H21NO5S/c17-22(18,10-9-20-14-5-7-19-12-14)16-6-8-21-15-4-2-1-3-13(15)11-16/h1-4,14H,5-12H2. The van der Waals surface area contributed by atoms with Gasteiger partial charge in [0.15, 0.2) is 0 Å². The lowest BCUT2D eigenvalue weighted by molar-refractivity contribution is 0.0516. The molecule has 0 N–H and O–H groups in total. The van der Waals surface area contributed by atoms with Crippen LogP contribution < -0.4 is 4.74 Å². The molecule has 1 atom stereocenters. The van der Waals surface area contributed by atoms with Crippen LogP contribution in [0.5, 0.6) is 5.75 Å². The molecule has 0 aromatic heterocycles. The van der Waals surface area contributed by atoms with Gasteiger partial charge >= 0.3 is 0 Å². The quantitative estimate of drug-likeness (QED) is 0.808. The van der Waals surface area contributed by atoms with Crippen molar-refractivity contribution in [2.75, 3.05) is 38.7 Å². The Balaban J connectivity index is 1.59. The third-order valence-corrected chi connectivity index (χ3v) is 5.67. The molecule has 0 bridgehead atoms. The van der Waals surface area contributed by atoms with Gasteiger partial charge in [-0.15, -0.1) is 0 Å². The second-order valence-electron chi connectivity index (χ2n) is 5.46. The Morgan fingerprint density at radius 3 is 2.95 bits per heavy atom. The van der Waals surface area contributed by atoms with Crippen LogP contribution in [0.3, 0.4) is 0 Å². The van der Waals surface area contributed by atoms with Gasteiger partial charge in [-0.2, -0.15) is 4.31 Å². The minimum Gasteiger partial charge on any atom is -0.492 e. The molecule has 0 amide bonds. The zero-order valence-corrected chi connectivity index (χ0v) is 13.3. The van der Waals surface area contributed by atoms with E-state index in [4.69, 9.17) is 14.2 Å². The zero-order chi connectivity index (χ0) is 15.4. The topological polar surface area (TPSA) is 65.1 Å². The predicted octanol–water partition coefficient (Wildman–Crippen LogP) is 1.02. The first-order chi connectivity index (χ1) is 10.6. The average molecular weight is 327 g/mol. The minimum atomic E-state index is -3.35. The van der Waals surface area contributed by atoms with Crippen molar-refractivity contribution >= 4 is 10.0 Å². The molecule has 1 saturated heterocycles. The van der Waals surface area contributed by atoms with E-state index in [1.807, 2.05) is 24.3 Å². The van der Waals surface area contributed by atoms with Crippen LogP contribution >= 0.6 is 0 Å². The smallest absolute Gasteiger partial charge is 0.216 e. The fraction of sp³-hybridized carbons (Fsp3) is 0.600. The highest BCUT2D eigenvalue weighted by atomic mass is 32.2. The molecule has 0 aliphatic carbocycles. The van der Waals surface area contributed by atoms with E-state index in [9.17, 15) is 8.42 Å². The zero-order valence-electron chi connectivity index (χ0n) is 12.4. The summed E-state index contributed by atoms with van der Waals surface area (Å²) in [5.41, 5.74) is 0.897. The maximum absolute atomic E-state index is 12.5. The highest BCUT2D eigenvalue weighted by Crippen LogP contribution is 2.24. The van der Waals surface area contributed by atoms with Crippen LogP contribution in [0.4, 0.5) is 0 Å². The molecule has 2 heterocycles. The van der Waals surface area contributed by atoms with Gasteiger partial charge in [-0.1, -0.05) is 18.2 Å². The Morgan fingerprint density at radius 2 is 2.14 bits per heavy atom. The first-order valence-corrected chi connectivity index (χ1v) is 9.14. The van der Waals surface area contributed by atoms with E-state index in [0.717, 1.165) is 17.7 Å². The first-order valence-electron chi connectivity index (χ1n) is 7.53. The van der Waals surface area contributed by atoms with Gasteiger partial charge in [0.25, 0.3) is 0 Å². The second-order valence-corrected chi connectivity index (χ2v) is 7.55. The second kappa shape index (κ2) is 6.95. The van der Waals surface area contributed by atoms with E-state index in [2.05, 4.69) is 0 Å². The molecular weight excluding hydrogens is 306 g/mol. The summed E-state index contributed by atoms with van der Waals surface area (Å²) in [6, 6.07) is 7.55. The summed E-state index contributed by atoms with van der Waals surface area (Å²) in [7, 11) is -3.35. The molecule has 7 heteroatoms. The molecule has 2 aliphatic heterocycles. The molecule has 1 fully saturated rings. The number of benzene rings is 1. The van der Waals surface area contributed by atoms with Gasteiger partial charge in [0.2, 0.25) is 10.0 Å². The molecule has 6 nitrogen and oxygen atoms in total. The lowest BCUT2D eigenvalue weighted by Gasteiger charge is -2.20. The highest BCUT2D eigenvalue weighted by Gasteiger charge is 2.26. The molecule has 0 radical (unpaired) electrons. The van der Waals surface area contributed by atoms with Gasteiger partial charge < -0.3 is 14.2 Å². The first kappa shape index (κ1) is 15.7. The van der Waals surface area contributed by atoms with E-state index >= 15 is 0 Å². The number of rotatable bonds is 5. The van der Waals surface area contributed by atoms with Crippen LogP contribution in [0.15, 0.2) is 24.3 Å². The third kappa shape index (κ3) is 3.78. The summed E-state index contributed by atoms with van der Waals surface area (Å²) in [6.07, 6.45) is 0.869. The Hall–Kier alpha value is -1.15. The number of sulfonamides is 1. The Bertz CT molecular complexity index is 598. The maximum atomic E-state index is 12.5. The molecule has 1 aromatic carbocycles. The molecule has 0 saturated carbocycles. The van der Waals surface area contributed by atoms with Crippen LogP contribution in [0.1, 0.15) is 12.0 Å². The van der Waals surface area contributed by atoms with Crippen LogP contribution in [0, 0.1) is 0 Å². The van der Waals surface area contributed by atoms with Gasteiger partial charge in [0.05, 0.1) is 25.1 Å². The van der Waals surface area contributed by atoms with E-state index in [0.29, 0.717) is 32.9 Å². The minimum absolute atomic E-state index is 0.00827. The van der Waals surface area contributed by atoms with Crippen LogP contribution in [-0.2, 0) is 26.0 Å². The van der Waals surface area contributed by atoms with Crippen molar-refractivity contribution in [3.05, 3.63) is 29.8 Å². The largest absolute Gasteiger partial charge is 0.492 e. The van der Waals surface area contributed by atoms with Crippen molar-refractivity contribution < 1.29 is 22.6 Å². The predicted molar refractivity (Wildman–Crippen MR) is 81.3 cm³/mol. The Labute approximate surface area is 131 Å². The SMILES string of the molecule is O=S(=O)(CCOC1CCOC1)N1CCOc2ccccc2C1. The lowest BCUT2D eigenvalue weighted by Crippen LogP contribution is -2.36. The Kier molecular flexibility index (Phi) is 4.97. The summed E-state index contributed by atoms with van der Waals surface area (Å²) in [5.74, 6) is 0.755. The van der Waals surface area contributed by atoms with Crippen LogP contribution in [0.2, 0.25) is 0 Å². The van der Waals surface area contributed by atoms with Crippen molar-refractivity contribution in [1.29, 1.82) is 0 Å². The summed E-state index contributed by atoms with van der Waals surface area (Å²) >= 11 is 0. The van der Waals surface area contributed by atoms with Crippen LogP contribution in [0.25, 0.3) is 0 Å². The van der Waals surface area contributed by atoms with E-state index < -0.39 is 10.0 Å². The summed E-state index contributed by atoms with van der Waals surface area (Å²) in [4.78, 5) is 0. The molecule has 122 valence electrons. The average Bonchev–Trinajstić information content (AvgIpc) is 2.91. The number of para-hydroxylation sites is 1. The molecule has 1 aromatic rings. The number of hydrogen-bond acceptors (Lipinski definition) is 5. The third-order valence-electron chi connectivity index (χ3n) is 3.89. The summed E-state index contributed by atoms with van der Waals surface area (Å²) in [6.45, 7) is 2.54. The van der Waals surface area contributed by atoms with Crippen molar-refractivity contribution in [3.8, 4) is 5.75 Å². The van der Waals surface area contributed by atoms with Crippen molar-refractivity contribution in [3.63, 3.8) is 0 Å². The highest BCUT2D eigenvalue weighted by molar-refractivity contribution is 7.89. The fourth-order valence-corrected chi connectivity index (χ4v) is 3.89. The van der Waals surface area contributed by atoms with Gasteiger partial charge in [-0.25, -0.2) is 8.42 Å². The summed E-state index contributed by atoms with van der Waals surface area (Å²) < 4.78 is 42.8. The van der Waals surface area contributed by atoms with Gasteiger partial charge in [-0.3, -0.25) is 0 Å². The fourth-order valence-electron chi connectivity index (χ4n) is 2.63. The van der Waals surface area contributed by atoms with E-state index in [1.165, 1.54) is 4.31 Å². The van der Waals surface area contributed by atoms with E-state index in [1.54, 1.807) is 0 Å². The Morgan fingerprint density at radius 1 is 1.27 bits per heavy atom. The molecule has 0 spiro atoms. The molecular formula is C15H21NO5S. The lowest BCUT2D eigenvalue weighted by atomic mass is 10.2. The normalized spacial score (nSPS) is 22.8. The van der Waals surface area contributed by atoms with Crippen molar-refractivity contribution in [1.82, 2.24) is 4.31 Å². The number of fused-ring (bicyclic) bond motifs is 1. The van der Waals surface area contributed by atoms with E-state index in [-0.39, 0.29) is 18.5 Å². The summed E-state index contributed by atoms with van der Waals surface area (Å²) in [5, 5.41) is 0. The van der Waals surface area contributed by atoms with Crippen molar-refractivity contribution in [2.24, 2.45) is 0 Å². The molecule has 22 heavy (non-hydrogen) atoms.